The van der Waals surface area contributed by atoms with Gasteiger partial charge in [-0.05, 0) is 13.0 Å². The summed E-state index contributed by atoms with van der Waals surface area (Å²) in [4.78, 5) is 20.6. The van der Waals surface area contributed by atoms with E-state index in [-0.39, 0.29) is 11.1 Å². The normalized spacial score (nSPS) is 10.0. The molecule has 0 saturated heterocycles. The van der Waals surface area contributed by atoms with Crippen molar-refractivity contribution in [1.29, 1.82) is 0 Å². The fraction of sp³-hybridized carbons (Fsp3) is 0.222. The maximum atomic E-state index is 13.1. The molecule has 0 unspecified atom stereocenters. The lowest BCUT2D eigenvalue weighted by Crippen LogP contribution is -2.09. The highest BCUT2D eigenvalue weighted by molar-refractivity contribution is 5.92. The first-order valence-corrected chi connectivity index (χ1v) is 4.11. The van der Waals surface area contributed by atoms with Crippen LogP contribution in [-0.2, 0) is 4.74 Å². The number of hydrogen-bond acceptors (Lipinski definition) is 4. The van der Waals surface area contributed by atoms with Gasteiger partial charge >= 0.3 is 11.7 Å². The Morgan fingerprint density at radius 2 is 2.06 bits per heavy atom. The van der Waals surface area contributed by atoms with Gasteiger partial charge in [0.1, 0.15) is 0 Å². The minimum absolute atomic E-state index is 0.268. The molecule has 86 valence electrons. The number of benzene rings is 1. The summed E-state index contributed by atoms with van der Waals surface area (Å²) in [5.41, 5.74) is -1.69. The summed E-state index contributed by atoms with van der Waals surface area (Å²) in [5, 5.41) is 10.5. The van der Waals surface area contributed by atoms with E-state index in [1.54, 1.807) is 0 Å². The highest BCUT2D eigenvalue weighted by atomic mass is 19.2. The molecule has 0 atom stereocenters. The van der Waals surface area contributed by atoms with Crippen LogP contribution in [0.15, 0.2) is 6.07 Å². The van der Waals surface area contributed by atoms with Crippen molar-refractivity contribution in [2.24, 2.45) is 0 Å². The first-order valence-electron chi connectivity index (χ1n) is 4.11. The molecule has 1 rings (SSSR count). The number of nitrogens with zero attached hydrogens (tertiary/aromatic N) is 1. The zero-order valence-electron chi connectivity index (χ0n) is 8.41. The Morgan fingerprint density at radius 3 is 2.50 bits per heavy atom. The Morgan fingerprint density at radius 1 is 1.50 bits per heavy atom. The number of carbonyl (C=O) groups is 1. The summed E-state index contributed by atoms with van der Waals surface area (Å²) >= 11 is 0. The van der Waals surface area contributed by atoms with Crippen molar-refractivity contribution in [3.63, 3.8) is 0 Å². The Hall–Kier alpha value is -2.05. The third-order valence-corrected chi connectivity index (χ3v) is 2.04. The van der Waals surface area contributed by atoms with E-state index in [9.17, 15) is 23.7 Å². The molecule has 0 N–H and O–H groups in total. The van der Waals surface area contributed by atoms with E-state index in [4.69, 9.17) is 0 Å². The second-order valence-electron chi connectivity index (χ2n) is 2.94. The molecule has 0 aliphatic carbocycles. The molecule has 0 aromatic heterocycles. The van der Waals surface area contributed by atoms with Crippen molar-refractivity contribution in [2.75, 3.05) is 7.11 Å². The Labute approximate surface area is 88.8 Å². The van der Waals surface area contributed by atoms with Gasteiger partial charge in [0, 0.05) is 5.56 Å². The summed E-state index contributed by atoms with van der Waals surface area (Å²) in [7, 11) is 1.04. The van der Waals surface area contributed by atoms with Crippen LogP contribution in [-0.4, -0.2) is 18.0 Å². The Bertz CT molecular complexity index is 473. The molecule has 5 nitrogen and oxygen atoms in total. The lowest BCUT2D eigenvalue weighted by molar-refractivity contribution is -0.388. The maximum absolute atomic E-state index is 13.1. The highest BCUT2D eigenvalue weighted by Crippen LogP contribution is 2.27. The largest absolute Gasteiger partial charge is 0.465 e. The van der Waals surface area contributed by atoms with Crippen molar-refractivity contribution >= 4 is 11.7 Å². The van der Waals surface area contributed by atoms with E-state index in [1.807, 2.05) is 0 Å². The van der Waals surface area contributed by atoms with Crippen molar-refractivity contribution in [2.45, 2.75) is 6.92 Å². The van der Waals surface area contributed by atoms with Crippen molar-refractivity contribution in [3.8, 4) is 0 Å². The number of nitro groups is 1. The molecular formula is C9H7F2NO4. The summed E-state index contributed by atoms with van der Waals surface area (Å²) in [6.07, 6.45) is 0. The third-order valence-electron chi connectivity index (χ3n) is 2.04. The van der Waals surface area contributed by atoms with Crippen LogP contribution in [0.4, 0.5) is 14.5 Å². The van der Waals surface area contributed by atoms with E-state index in [0.717, 1.165) is 14.0 Å². The molecule has 0 amide bonds. The molecule has 1 aromatic rings. The van der Waals surface area contributed by atoms with Crippen LogP contribution in [0.2, 0.25) is 0 Å². The molecule has 0 fully saturated rings. The van der Waals surface area contributed by atoms with Crippen LogP contribution in [0.1, 0.15) is 15.9 Å². The third kappa shape index (κ3) is 1.83. The summed E-state index contributed by atoms with van der Waals surface area (Å²) < 4.78 is 30.4. The molecule has 0 radical (unpaired) electrons. The number of ether oxygens (including phenoxy) is 1. The fourth-order valence-electron chi connectivity index (χ4n) is 1.24. The van der Waals surface area contributed by atoms with Crippen LogP contribution in [0.5, 0.6) is 0 Å². The predicted octanol–water partition coefficient (Wildman–Crippen LogP) is 1.97. The van der Waals surface area contributed by atoms with Crippen molar-refractivity contribution < 1.29 is 23.2 Å². The topological polar surface area (TPSA) is 69.4 Å². The number of esters is 1. The minimum atomic E-state index is -1.59. The maximum Gasteiger partial charge on any atom is 0.338 e. The van der Waals surface area contributed by atoms with Gasteiger partial charge < -0.3 is 4.74 Å². The van der Waals surface area contributed by atoms with E-state index in [1.165, 1.54) is 0 Å². The molecule has 16 heavy (non-hydrogen) atoms. The van der Waals surface area contributed by atoms with E-state index < -0.39 is 28.2 Å². The van der Waals surface area contributed by atoms with Gasteiger partial charge in [0.2, 0.25) is 5.82 Å². The molecule has 0 saturated carbocycles. The molecular weight excluding hydrogens is 224 g/mol. The van der Waals surface area contributed by atoms with Gasteiger partial charge in [-0.3, -0.25) is 10.1 Å². The monoisotopic (exact) mass is 231 g/mol. The molecule has 0 heterocycles. The molecule has 0 bridgehead atoms. The zero-order valence-corrected chi connectivity index (χ0v) is 8.41. The average Bonchev–Trinajstić information content (AvgIpc) is 2.22. The van der Waals surface area contributed by atoms with Gasteiger partial charge in [0.15, 0.2) is 5.82 Å². The van der Waals surface area contributed by atoms with E-state index in [0.29, 0.717) is 6.07 Å². The van der Waals surface area contributed by atoms with Gasteiger partial charge in [-0.25, -0.2) is 9.18 Å². The number of hydrogen-bond donors (Lipinski definition) is 0. The van der Waals surface area contributed by atoms with Gasteiger partial charge in [0.05, 0.1) is 17.6 Å². The molecule has 0 aliphatic rings. The standard InChI is InChI=1S/C9H7F2NO4/c1-4-5(9(13)16-2)3-6(10)7(11)8(4)12(14)15/h3H,1-2H3. The quantitative estimate of drug-likeness (QED) is 0.443. The number of halogens is 2. The van der Waals surface area contributed by atoms with Crippen LogP contribution in [0.3, 0.4) is 0 Å². The Balaban J connectivity index is 3.56. The lowest BCUT2D eigenvalue weighted by Gasteiger charge is -2.05. The van der Waals surface area contributed by atoms with Gasteiger partial charge in [-0.2, -0.15) is 4.39 Å². The SMILES string of the molecule is COC(=O)c1cc(F)c(F)c([N+](=O)[O-])c1C. The first-order chi connectivity index (χ1) is 7.40. The van der Waals surface area contributed by atoms with E-state index >= 15 is 0 Å². The summed E-state index contributed by atoms with van der Waals surface area (Å²) in [5.74, 6) is -4.01. The molecule has 0 spiro atoms. The van der Waals surface area contributed by atoms with E-state index in [2.05, 4.69) is 4.74 Å². The van der Waals surface area contributed by atoms with Gasteiger partial charge in [0.25, 0.3) is 0 Å². The van der Waals surface area contributed by atoms with Crippen LogP contribution in [0.25, 0.3) is 0 Å². The second-order valence-corrected chi connectivity index (χ2v) is 2.94. The lowest BCUT2D eigenvalue weighted by atomic mass is 10.1. The molecule has 7 heteroatoms. The average molecular weight is 231 g/mol. The minimum Gasteiger partial charge on any atom is -0.465 e. The Kier molecular flexibility index (Phi) is 3.17. The van der Waals surface area contributed by atoms with Crippen LogP contribution >= 0.6 is 0 Å². The highest BCUT2D eigenvalue weighted by Gasteiger charge is 2.27. The van der Waals surface area contributed by atoms with Gasteiger partial charge in [-0.15, -0.1) is 0 Å². The number of carbonyl (C=O) groups excluding carboxylic acids is 1. The number of nitro benzene ring substituents is 1. The van der Waals surface area contributed by atoms with Gasteiger partial charge in [-0.1, -0.05) is 0 Å². The van der Waals surface area contributed by atoms with Crippen LogP contribution < -0.4 is 0 Å². The molecule has 0 aliphatic heterocycles. The second kappa shape index (κ2) is 4.21. The molecule has 1 aromatic carbocycles. The first kappa shape index (κ1) is 12.0. The number of methoxy groups -OCH3 is 1. The van der Waals surface area contributed by atoms with Crippen molar-refractivity contribution in [3.05, 3.63) is 38.9 Å². The fourth-order valence-corrected chi connectivity index (χ4v) is 1.24. The number of rotatable bonds is 2. The summed E-state index contributed by atoms with van der Waals surface area (Å²) in [6, 6.07) is 0.573. The predicted molar refractivity (Wildman–Crippen MR) is 49.1 cm³/mol. The van der Waals surface area contributed by atoms with Crippen LogP contribution in [0, 0.1) is 28.7 Å². The van der Waals surface area contributed by atoms with Crippen molar-refractivity contribution in [1.82, 2.24) is 0 Å². The summed E-state index contributed by atoms with van der Waals surface area (Å²) in [6.45, 7) is 1.15. The smallest absolute Gasteiger partial charge is 0.338 e. The zero-order chi connectivity index (χ0) is 12.5.